The lowest BCUT2D eigenvalue weighted by atomic mass is 9.93. The molecular weight excluding hydrogens is 144 g/mol. The maximum absolute atomic E-state index is 9.67. The highest BCUT2D eigenvalue weighted by Gasteiger charge is 2.47. The Kier molecular flexibility index (Phi) is 2.23. The summed E-state index contributed by atoms with van der Waals surface area (Å²) in [5, 5.41) is 28.0. The Morgan fingerprint density at radius 1 is 1.55 bits per heavy atom. The van der Waals surface area contributed by atoms with Crippen molar-refractivity contribution in [1.82, 2.24) is 0 Å². The van der Waals surface area contributed by atoms with Crippen molar-refractivity contribution in [2.75, 3.05) is 6.61 Å². The van der Waals surface area contributed by atoms with Crippen LogP contribution in [0.2, 0.25) is 0 Å². The van der Waals surface area contributed by atoms with Crippen molar-refractivity contribution in [3.05, 3.63) is 0 Å². The average Bonchev–Trinajstić information content (AvgIpc) is 2.14. The fourth-order valence-corrected chi connectivity index (χ4v) is 1.76. The molecule has 0 radical (unpaired) electrons. The van der Waals surface area contributed by atoms with Gasteiger partial charge in [-0.2, -0.15) is 0 Å². The first-order valence-electron chi connectivity index (χ1n) is 4.01. The first-order chi connectivity index (χ1) is 5.00. The quantitative estimate of drug-likeness (QED) is 0.495. The Labute approximate surface area is 66.7 Å². The number of aliphatic hydroxyl groups is 3. The highest BCUT2D eigenvalue weighted by molar-refractivity contribution is 4.98. The van der Waals surface area contributed by atoms with E-state index in [1.54, 1.807) is 6.92 Å². The van der Waals surface area contributed by atoms with Crippen LogP contribution >= 0.6 is 0 Å². The van der Waals surface area contributed by atoms with Gasteiger partial charge in [-0.05, 0) is 19.3 Å². The molecule has 0 aliphatic heterocycles. The van der Waals surface area contributed by atoms with Gasteiger partial charge in [0.15, 0.2) is 0 Å². The molecule has 11 heavy (non-hydrogen) atoms. The van der Waals surface area contributed by atoms with Crippen molar-refractivity contribution in [2.45, 2.75) is 32.0 Å². The second-order valence-electron chi connectivity index (χ2n) is 3.75. The van der Waals surface area contributed by atoms with Crippen LogP contribution in [0, 0.1) is 11.8 Å². The summed E-state index contributed by atoms with van der Waals surface area (Å²) in [5.41, 5.74) is -1.02. The first kappa shape index (κ1) is 8.97. The van der Waals surface area contributed by atoms with Crippen LogP contribution in [0.5, 0.6) is 0 Å². The summed E-state index contributed by atoms with van der Waals surface area (Å²) in [7, 11) is 0. The zero-order chi connectivity index (χ0) is 8.65. The van der Waals surface area contributed by atoms with Gasteiger partial charge in [0.25, 0.3) is 0 Å². The second kappa shape index (κ2) is 2.73. The Morgan fingerprint density at radius 2 is 2.09 bits per heavy atom. The topological polar surface area (TPSA) is 60.7 Å². The standard InChI is InChI=1S/C8H16O3/c1-5-3-6(4-9)7(10)8(5,2)11/h5-7,9-11H,3-4H2,1-2H3/t5-,6-,7+,8?/m1/s1. The van der Waals surface area contributed by atoms with Crippen LogP contribution in [0.4, 0.5) is 0 Å². The molecule has 3 N–H and O–H groups in total. The Hall–Kier alpha value is -0.120. The highest BCUT2D eigenvalue weighted by atomic mass is 16.3. The lowest BCUT2D eigenvalue weighted by Crippen LogP contribution is -2.41. The van der Waals surface area contributed by atoms with Crippen LogP contribution in [0.1, 0.15) is 20.3 Å². The molecule has 1 saturated carbocycles. The third kappa shape index (κ3) is 1.28. The molecule has 0 bridgehead atoms. The Balaban J connectivity index is 2.71. The number of hydrogen-bond acceptors (Lipinski definition) is 3. The van der Waals surface area contributed by atoms with Crippen molar-refractivity contribution in [3.8, 4) is 0 Å². The summed E-state index contributed by atoms with van der Waals surface area (Å²) in [5.74, 6) is -0.0883. The summed E-state index contributed by atoms with van der Waals surface area (Å²) in [4.78, 5) is 0. The predicted octanol–water partition coefficient (Wildman–Crippen LogP) is -0.253. The maximum atomic E-state index is 9.67. The minimum absolute atomic E-state index is 0.0400. The molecule has 0 aromatic carbocycles. The molecular formula is C8H16O3. The number of hydrogen-bond donors (Lipinski definition) is 3. The third-order valence-electron chi connectivity index (χ3n) is 2.93. The van der Waals surface area contributed by atoms with Crippen molar-refractivity contribution < 1.29 is 15.3 Å². The molecule has 0 aromatic heterocycles. The zero-order valence-electron chi connectivity index (χ0n) is 6.99. The molecule has 0 saturated heterocycles. The van der Waals surface area contributed by atoms with Crippen molar-refractivity contribution >= 4 is 0 Å². The lowest BCUT2D eigenvalue weighted by molar-refractivity contribution is -0.0782. The molecule has 0 heterocycles. The highest BCUT2D eigenvalue weighted by Crippen LogP contribution is 2.39. The smallest absolute Gasteiger partial charge is 0.0906 e. The first-order valence-corrected chi connectivity index (χ1v) is 4.01. The van der Waals surface area contributed by atoms with Crippen molar-refractivity contribution in [1.29, 1.82) is 0 Å². The fraction of sp³-hybridized carbons (Fsp3) is 1.00. The van der Waals surface area contributed by atoms with Gasteiger partial charge in [-0.15, -0.1) is 0 Å². The third-order valence-corrected chi connectivity index (χ3v) is 2.93. The largest absolute Gasteiger partial charge is 0.396 e. The van der Waals surface area contributed by atoms with E-state index in [9.17, 15) is 10.2 Å². The SMILES string of the molecule is C[C@@H]1C[C@H](CO)[C@H](O)C1(C)O. The van der Waals surface area contributed by atoms with E-state index < -0.39 is 11.7 Å². The van der Waals surface area contributed by atoms with Crippen LogP contribution < -0.4 is 0 Å². The Bertz CT molecular complexity index is 144. The molecule has 0 amide bonds. The van der Waals surface area contributed by atoms with Gasteiger partial charge in [-0.3, -0.25) is 0 Å². The molecule has 0 spiro atoms. The van der Waals surface area contributed by atoms with Crippen LogP contribution in [0.15, 0.2) is 0 Å². The van der Waals surface area contributed by atoms with Crippen molar-refractivity contribution in [3.63, 3.8) is 0 Å². The van der Waals surface area contributed by atoms with E-state index in [0.717, 1.165) is 0 Å². The fourth-order valence-electron chi connectivity index (χ4n) is 1.76. The molecule has 1 fully saturated rings. The summed E-state index contributed by atoms with van der Waals surface area (Å²) in [6, 6.07) is 0. The summed E-state index contributed by atoms with van der Waals surface area (Å²) in [6.45, 7) is 3.47. The van der Waals surface area contributed by atoms with Gasteiger partial charge in [0, 0.05) is 12.5 Å². The van der Waals surface area contributed by atoms with Crippen LogP contribution in [-0.2, 0) is 0 Å². The van der Waals surface area contributed by atoms with Gasteiger partial charge in [0.2, 0.25) is 0 Å². The summed E-state index contributed by atoms with van der Waals surface area (Å²) < 4.78 is 0. The molecule has 1 unspecified atom stereocenters. The van der Waals surface area contributed by atoms with E-state index in [4.69, 9.17) is 5.11 Å². The van der Waals surface area contributed by atoms with E-state index in [2.05, 4.69) is 0 Å². The van der Waals surface area contributed by atoms with Crippen LogP contribution in [-0.4, -0.2) is 33.6 Å². The van der Waals surface area contributed by atoms with E-state index in [0.29, 0.717) is 6.42 Å². The van der Waals surface area contributed by atoms with Gasteiger partial charge >= 0.3 is 0 Å². The molecule has 1 rings (SSSR count). The molecule has 1 aliphatic carbocycles. The maximum Gasteiger partial charge on any atom is 0.0906 e. The number of aliphatic hydroxyl groups excluding tert-OH is 2. The molecule has 1 aliphatic rings. The van der Waals surface area contributed by atoms with E-state index in [1.165, 1.54) is 0 Å². The summed E-state index contributed by atoms with van der Waals surface area (Å²) >= 11 is 0. The monoisotopic (exact) mass is 160 g/mol. The van der Waals surface area contributed by atoms with Crippen molar-refractivity contribution in [2.24, 2.45) is 11.8 Å². The normalized spacial score (nSPS) is 51.5. The predicted molar refractivity (Wildman–Crippen MR) is 41.0 cm³/mol. The zero-order valence-corrected chi connectivity index (χ0v) is 6.99. The van der Waals surface area contributed by atoms with Gasteiger partial charge in [-0.1, -0.05) is 6.92 Å². The molecule has 66 valence electrons. The summed E-state index contributed by atoms with van der Waals surface area (Å²) in [6.07, 6.45) is -0.0764. The van der Waals surface area contributed by atoms with Gasteiger partial charge in [0.05, 0.1) is 11.7 Å². The molecule has 4 atom stereocenters. The Morgan fingerprint density at radius 3 is 2.27 bits per heavy atom. The van der Waals surface area contributed by atoms with E-state index in [-0.39, 0.29) is 18.4 Å². The molecule has 3 heteroatoms. The van der Waals surface area contributed by atoms with Gasteiger partial charge < -0.3 is 15.3 Å². The minimum Gasteiger partial charge on any atom is -0.396 e. The number of rotatable bonds is 1. The molecule has 0 aromatic rings. The second-order valence-corrected chi connectivity index (χ2v) is 3.75. The van der Waals surface area contributed by atoms with E-state index >= 15 is 0 Å². The van der Waals surface area contributed by atoms with Crippen LogP contribution in [0.25, 0.3) is 0 Å². The lowest BCUT2D eigenvalue weighted by Gasteiger charge is -2.26. The molecule has 3 nitrogen and oxygen atoms in total. The van der Waals surface area contributed by atoms with Gasteiger partial charge in [0.1, 0.15) is 0 Å². The average molecular weight is 160 g/mol. The van der Waals surface area contributed by atoms with Crippen LogP contribution in [0.3, 0.4) is 0 Å². The van der Waals surface area contributed by atoms with Gasteiger partial charge in [-0.25, -0.2) is 0 Å². The minimum atomic E-state index is -1.02. The van der Waals surface area contributed by atoms with E-state index in [1.807, 2.05) is 6.92 Å².